The number of hydrogen-bond acceptors (Lipinski definition) is 4. The number of benzene rings is 1. The maximum Gasteiger partial charge on any atom is 0.247 e. The van der Waals surface area contributed by atoms with Crippen molar-refractivity contribution in [1.82, 2.24) is 14.8 Å². The number of carbonyl (C=O) groups is 1. The highest BCUT2D eigenvalue weighted by Crippen LogP contribution is 2.26. The lowest BCUT2D eigenvalue weighted by atomic mass is 10.1. The summed E-state index contributed by atoms with van der Waals surface area (Å²) in [6.45, 7) is 5.83. The van der Waals surface area contributed by atoms with E-state index in [9.17, 15) is 4.79 Å². The van der Waals surface area contributed by atoms with Crippen molar-refractivity contribution in [3.05, 3.63) is 51.6 Å². The molecule has 0 spiro atoms. The lowest BCUT2D eigenvalue weighted by molar-refractivity contribution is -0.118. The van der Waals surface area contributed by atoms with E-state index in [4.69, 9.17) is 12.2 Å². The zero-order valence-corrected chi connectivity index (χ0v) is 15.3. The summed E-state index contributed by atoms with van der Waals surface area (Å²) in [5, 5.41) is 12.0. The Kier molecular flexibility index (Phi) is 4.64. The Morgan fingerprint density at radius 1 is 1.38 bits per heavy atom. The van der Waals surface area contributed by atoms with Crippen molar-refractivity contribution >= 4 is 35.1 Å². The lowest BCUT2D eigenvalue weighted by Gasteiger charge is -2.16. The average Bonchev–Trinajstić information content (AvgIpc) is 3.18. The highest BCUT2D eigenvalue weighted by atomic mass is 32.1. The van der Waals surface area contributed by atoms with Crippen LogP contribution in [-0.4, -0.2) is 20.7 Å². The fourth-order valence-electron chi connectivity index (χ4n) is 2.55. The number of H-pyrrole nitrogens is 1. The van der Waals surface area contributed by atoms with Gasteiger partial charge >= 0.3 is 0 Å². The third-order valence-corrected chi connectivity index (χ3v) is 5.01. The van der Waals surface area contributed by atoms with Gasteiger partial charge in [0.05, 0.1) is 4.88 Å². The summed E-state index contributed by atoms with van der Waals surface area (Å²) in [6.07, 6.45) is 0. The second-order valence-electron chi connectivity index (χ2n) is 5.68. The van der Waals surface area contributed by atoms with E-state index < -0.39 is 6.04 Å². The number of nitrogens with zero attached hydrogens (tertiary/aromatic N) is 2. The highest BCUT2D eigenvalue weighted by Gasteiger charge is 2.21. The fourth-order valence-corrected chi connectivity index (χ4v) is 3.55. The summed E-state index contributed by atoms with van der Waals surface area (Å²) >= 11 is 6.88. The van der Waals surface area contributed by atoms with Gasteiger partial charge in [-0.3, -0.25) is 14.5 Å². The monoisotopic (exact) mass is 358 g/mol. The molecule has 3 rings (SSSR count). The minimum atomic E-state index is -0.478. The summed E-state index contributed by atoms with van der Waals surface area (Å²) in [7, 11) is 0. The number of nitrogens with one attached hydrogen (secondary N) is 2. The van der Waals surface area contributed by atoms with Crippen LogP contribution in [0.25, 0.3) is 10.7 Å². The average molecular weight is 358 g/mol. The Balaban J connectivity index is 1.89. The molecule has 0 aliphatic heterocycles. The minimum absolute atomic E-state index is 0.128. The first-order chi connectivity index (χ1) is 11.5. The second kappa shape index (κ2) is 6.70. The normalized spacial score (nSPS) is 12.1. The van der Waals surface area contributed by atoms with Gasteiger partial charge in [0.1, 0.15) is 6.04 Å². The predicted octanol–water partition coefficient (Wildman–Crippen LogP) is 4.49. The molecule has 3 aromatic rings. The maximum atomic E-state index is 12.7. The van der Waals surface area contributed by atoms with Crippen LogP contribution in [-0.2, 0) is 4.79 Å². The van der Waals surface area contributed by atoms with Crippen molar-refractivity contribution in [1.29, 1.82) is 0 Å². The van der Waals surface area contributed by atoms with Crippen LogP contribution in [0.5, 0.6) is 0 Å². The van der Waals surface area contributed by atoms with Crippen molar-refractivity contribution in [3.8, 4) is 10.7 Å². The van der Waals surface area contributed by atoms with Crippen LogP contribution >= 0.6 is 23.6 Å². The molecule has 1 aromatic carbocycles. The molecule has 2 aromatic heterocycles. The van der Waals surface area contributed by atoms with Crippen LogP contribution in [0.4, 0.5) is 5.69 Å². The first-order valence-electron chi connectivity index (χ1n) is 7.56. The zero-order chi connectivity index (χ0) is 17.3. The number of amides is 1. The second-order valence-corrected chi connectivity index (χ2v) is 7.02. The molecule has 1 atom stereocenters. The molecule has 0 aliphatic rings. The van der Waals surface area contributed by atoms with Crippen molar-refractivity contribution in [2.24, 2.45) is 0 Å². The van der Waals surface area contributed by atoms with Crippen LogP contribution in [0.1, 0.15) is 24.1 Å². The van der Waals surface area contributed by atoms with Crippen LogP contribution in [0.2, 0.25) is 0 Å². The molecule has 24 heavy (non-hydrogen) atoms. The quantitative estimate of drug-likeness (QED) is 0.676. The molecular formula is C17H18N4OS2. The van der Waals surface area contributed by atoms with Gasteiger partial charge in [0, 0.05) is 5.69 Å². The van der Waals surface area contributed by atoms with Crippen molar-refractivity contribution in [2.45, 2.75) is 26.8 Å². The van der Waals surface area contributed by atoms with Gasteiger partial charge in [0.15, 0.2) is 10.6 Å². The maximum absolute atomic E-state index is 12.7. The molecule has 0 saturated heterocycles. The fraction of sp³-hybridized carbons (Fsp3) is 0.235. The predicted molar refractivity (Wildman–Crippen MR) is 100.0 cm³/mol. The molecular weight excluding hydrogens is 340 g/mol. The SMILES string of the molecule is Cc1ccc(NC(=O)[C@H](C)n2c(-c3cccs3)n[nH]c2=S)c(C)c1. The Bertz CT molecular complexity index is 924. The molecule has 0 bridgehead atoms. The van der Waals surface area contributed by atoms with Crippen molar-refractivity contribution < 1.29 is 4.79 Å². The van der Waals surface area contributed by atoms with Crippen LogP contribution in [0.15, 0.2) is 35.7 Å². The van der Waals surface area contributed by atoms with Gasteiger partial charge in [-0.25, -0.2) is 0 Å². The van der Waals surface area contributed by atoms with E-state index >= 15 is 0 Å². The summed E-state index contributed by atoms with van der Waals surface area (Å²) in [4.78, 5) is 13.7. The summed E-state index contributed by atoms with van der Waals surface area (Å²) in [5.41, 5.74) is 3.01. The molecule has 7 heteroatoms. The number of hydrogen-bond donors (Lipinski definition) is 2. The van der Waals surface area contributed by atoms with Gasteiger partial charge in [-0.1, -0.05) is 23.8 Å². The molecule has 0 fully saturated rings. The zero-order valence-electron chi connectivity index (χ0n) is 13.7. The van der Waals surface area contributed by atoms with Gasteiger partial charge in [-0.2, -0.15) is 5.10 Å². The third-order valence-electron chi connectivity index (χ3n) is 3.85. The highest BCUT2D eigenvalue weighted by molar-refractivity contribution is 7.71. The Hall–Kier alpha value is -2.25. The van der Waals surface area contributed by atoms with Gasteiger partial charge < -0.3 is 5.32 Å². The molecule has 124 valence electrons. The summed E-state index contributed by atoms with van der Waals surface area (Å²) in [5.74, 6) is 0.551. The van der Waals surface area contributed by atoms with Gasteiger partial charge in [-0.05, 0) is 56.1 Å². The van der Waals surface area contributed by atoms with Crippen molar-refractivity contribution in [3.63, 3.8) is 0 Å². The Labute approximate surface area is 149 Å². The number of thiophene rings is 1. The number of aromatic amines is 1. The number of anilines is 1. The van der Waals surface area contributed by atoms with Gasteiger partial charge in [0.25, 0.3) is 0 Å². The number of rotatable bonds is 4. The molecule has 2 N–H and O–H groups in total. The molecule has 0 aliphatic carbocycles. The van der Waals surface area contributed by atoms with E-state index in [1.54, 1.807) is 15.9 Å². The van der Waals surface area contributed by atoms with Crippen molar-refractivity contribution in [2.75, 3.05) is 5.32 Å². The standard InChI is InChI=1S/C17H18N4OS2/c1-10-6-7-13(11(2)9-10)18-16(22)12(3)21-15(19-20-17(21)23)14-5-4-8-24-14/h4-9,12H,1-3H3,(H,18,22)(H,20,23)/t12-/m0/s1. The first kappa shape index (κ1) is 16.6. The van der Waals surface area contributed by atoms with Gasteiger partial charge in [-0.15, -0.1) is 11.3 Å². The molecule has 5 nitrogen and oxygen atoms in total. The molecule has 0 saturated carbocycles. The number of carbonyl (C=O) groups excluding carboxylic acids is 1. The summed E-state index contributed by atoms with van der Waals surface area (Å²) < 4.78 is 2.18. The Morgan fingerprint density at radius 3 is 2.83 bits per heavy atom. The van der Waals surface area contributed by atoms with E-state index in [1.165, 1.54) is 0 Å². The van der Waals surface area contributed by atoms with Crippen LogP contribution in [0.3, 0.4) is 0 Å². The van der Waals surface area contributed by atoms with E-state index in [2.05, 4.69) is 15.5 Å². The van der Waals surface area contributed by atoms with E-state index in [0.717, 1.165) is 21.7 Å². The minimum Gasteiger partial charge on any atom is -0.324 e. The van der Waals surface area contributed by atoms with Crippen LogP contribution in [0, 0.1) is 18.6 Å². The number of aryl methyl sites for hydroxylation is 2. The van der Waals surface area contributed by atoms with E-state index in [0.29, 0.717) is 10.6 Å². The Morgan fingerprint density at radius 2 is 2.17 bits per heavy atom. The third kappa shape index (κ3) is 3.18. The van der Waals surface area contributed by atoms with Gasteiger partial charge in [0.2, 0.25) is 5.91 Å². The first-order valence-corrected chi connectivity index (χ1v) is 8.85. The van der Waals surface area contributed by atoms with E-state index in [-0.39, 0.29) is 5.91 Å². The largest absolute Gasteiger partial charge is 0.324 e. The van der Waals surface area contributed by atoms with Crippen LogP contribution < -0.4 is 5.32 Å². The smallest absolute Gasteiger partial charge is 0.247 e. The molecule has 0 radical (unpaired) electrons. The molecule has 0 unspecified atom stereocenters. The lowest BCUT2D eigenvalue weighted by Crippen LogP contribution is -2.24. The van der Waals surface area contributed by atoms with E-state index in [1.807, 2.05) is 56.5 Å². The summed E-state index contributed by atoms with van der Waals surface area (Å²) in [6, 6.07) is 9.37. The molecule has 1 amide bonds. The molecule has 2 heterocycles. The topological polar surface area (TPSA) is 62.7 Å². The number of aromatic nitrogens is 3.